The van der Waals surface area contributed by atoms with Gasteiger partial charge in [0.05, 0.1) is 4.47 Å². The third-order valence-electron chi connectivity index (χ3n) is 7.39. The van der Waals surface area contributed by atoms with Crippen molar-refractivity contribution in [2.24, 2.45) is 5.84 Å². The molecule has 0 aliphatic carbocycles. The number of hydrogen-bond donors (Lipinski definition) is 2. The van der Waals surface area contributed by atoms with Gasteiger partial charge in [-0.25, -0.2) is 10.6 Å². The van der Waals surface area contributed by atoms with E-state index in [1.54, 1.807) is 30.3 Å². The van der Waals surface area contributed by atoms with Crippen LogP contribution in [0.25, 0.3) is 16.7 Å². The molecule has 39 heavy (non-hydrogen) atoms. The van der Waals surface area contributed by atoms with Crippen molar-refractivity contribution in [3.63, 3.8) is 0 Å². The van der Waals surface area contributed by atoms with Crippen LogP contribution in [0.2, 0.25) is 0 Å². The highest BCUT2D eigenvalue weighted by molar-refractivity contribution is 9.11. The number of phenols is 1. The van der Waals surface area contributed by atoms with Crippen LogP contribution in [0.1, 0.15) is 40.9 Å². The average molecular weight is 653 g/mol. The van der Waals surface area contributed by atoms with Crippen LogP contribution in [0.3, 0.4) is 0 Å². The van der Waals surface area contributed by atoms with Crippen molar-refractivity contribution in [1.82, 2.24) is 5.01 Å². The van der Waals surface area contributed by atoms with E-state index in [4.69, 9.17) is 15.0 Å². The van der Waals surface area contributed by atoms with Gasteiger partial charge in [0.15, 0.2) is 5.58 Å². The number of amides is 1. The molecular weight excluding hydrogens is 630 g/mol. The van der Waals surface area contributed by atoms with E-state index in [1.165, 1.54) is 5.01 Å². The number of carbonyl (C=O) groups excluding carboxylic acids is 1. The zero-order valence-corrected chi connectivity index (χ0v) is 24.2. The molecule has 2 aliphatic rings. The van der Waals surface area contributed by atoms with Gasteiger partial charge in [0.2, 0.25) is 0 Å². The van der Waals surface area contributed by atoms with Crippen LogP contribution in [-0.2, 0) is 5.54 Å². The van der Waals surface area contributed by atoms with E-state index in [0.29, 0.717) is 32.3 Å². The fourth-order valence-corrected chi connectivity index (χ4v) is 6.68. The Morgan fingerprint density at radius 2 is 1.74 bits per heavy atom. The molecule has 1 spiro atoms. The van der Waals surface area contributed by atoms with Crippen molar-refractivity contribution in [3.8, 4) is 11.5 Å². The van der Waals surface area contributed by atoms with Gasteiger partial charge < -0.3 is 19.2 Å². The maximum atomic E-state index is 13.3. The number of aromatic hydroxyl groups is 1. The lowest BCUT2D eigenvalue weighted by atomic mass is 9.80. The molecule has 1 aromatic heterocycles. The fraction of sp³-hybridized carbons (Fsp3) is 0.172. The van der Waals surface area contributed by atoms with Crippen molar-refractivity contribution in [2.45, 2.75) is 19.4 Å². The Morgan fingerprint density at radius 3 is 2.49 bits per heavy atom. The lowest BCUT2D eigenvalue weighted by Crippen LogP contribution is -2.49. The second-order valence-corrected chi connectivity index (χ2v) is 11.0. The SMILES string of the molecule is CCN(CC)c1ccc2c(c1)OC(c1cc3cc(Br)c(O)c(Br)c3oc1=O)=CC21c2ccccc2C(=O)N1N. The zero-order valence-electron chi connectivity index (χ0n) is 21.0. The van der Waals surface area contributed by atoms with E-state index < -0.39 is 11.2 Å². The number of halogens is 2. The van der Waals surface area contributed by atoms with E-state index in [9.17, 15) is 14.7 Å². The van der Waals surface area contributed by atoms with E-state index >= 15 is 0 Å². The molecule has 3 aromatic carbocycles. The van der Waals surface area contributed by atoms with Crippen molar-refractivity contribution in [1.29, 1.82) is 0 Å². The average Bonchev–Trinajstić information content (AvgIpc) is 3.15. The van der Waals surface area contributed by atoms with Crippen LogP contribution in [-0.4, -0.2) is 29.1 Å². The molecule has 198 valence electrons. The maximum absolute atomic E-state index is 13.3. The normalized spacial score (nSPS) is 17.7. The number of hydrazine groups is 1. The summed E-state index contributed by atoms with van der Waals surface area (Å²) in [7, 11) is 0. The van der Waals surface area contributed by atoms with Gasteiger partial charge in [0.1, 0.15) is 32.8 Å². The highest BCUT2D eigenvalue weighted by atomic mass is 79.9. The van der Waals surface area contributed by atoms with Gasteiger partial charge in [0, 0.05) is 46.9 Å². The Bertz CT molecular complexity index is 1780. The topological polar surface area (TPSA) is 109 Å². The third kappa shape index (κ3) is 3.65. The quantitative estimate of drug-likeness (QED) is 0.161. The van der Waals surface area contributed by atoms with Crippen LogP contribution in [0.4, 0.5) is 5.69 Å². The molecule has 0 fully saturated rings. The minimum absolute atomic E-state index is 0.0804. The predicted molar refractivity (Wildman–Crippen MR) is 156 cm³/mol. The van der Waals surface area contributed by atoms with Crippen LogP contribution in [0.5, 0.6) is 11.5 Å². The largest absolute Gasteiger partial charge is 0.505 e. The molecule has 3 heterocycles. The van der Waals surface area contributed by atoms with Crippen LogP contribution in [0.15, 0.2) is 78.8 Å². The maximum Gasteiger partial charge on any atom is 0.347 e. The highest BCUT2D eigenvalue weighted by Crippen LogP contribution is 2.52. The first kappa shape index (κ1) is 25.7. The standard InChI is InChI=1S/C29H23Br2N3O5/c1-3-33(4-2)16-9-10-20-22(13-16)38-23(14-29(20)19-8-6-5-7-17(19)27(36)34(29)32)18-11-15-12-21(30)25(35)24(31)26(15)39-28(18)37/h5-14,35H,3-4,32H2,1-2H3. The summed E-state index contributed by atoms with van der Waals surface area (Å²) >= 11 is 6.63. The predicted octanol–water partition coefficient (Wildman–Crippen LogP) is 5.88. The van der Waals surface area contributed by atoms with Gasteiger partial charge in [-0.3, -0.25) is 9.80 Å². The summed E-state index contributed by atoms with van der Waals surface area (Å²) < 4.78 is 12.7. The summed E-state index contributed by atoms with van der Waals surface area (Å²) in [5.41, 5.74) is 1.25. The van der Waals surface area contributed by atoms with Crippen molar-refractivity contribution in [3.05, 3.63) is 102 Å². The first-order chi connectivity index (χ1) is 18.7. The molecule has 0 saturated carbocycles. The molecule has 1 unspecified atom stereocenters. The van der Waals surface area contributed by atoms with Gasteiger partial charge in [-0.15, -0.1) is 0 Å². The Labute approximate surface area is 240 Å². The smallest absolute Gasteiger partial charge is 0.347 e. The number of ether oxygens (including phenoxy) is 1. The monoisotopic (exact) mass is 651 g/mol. The Morgan fingerprint density at radius 1 is 1.00 bits per heavy atom. The number of nitrogens with two attached hydrogens (primary N) is 1. The molecule has 10 heteroatoms. The molecular formula is C29H23Br2N3O5. The molecule has 4 aromatic rings. The Kier molecular flexibility index (Phi) is 6.09. The summed E-state index contributed by atoms with van der Waals surface area (Å²) in [6.45, 7) is 5.72. The van der Waals surface area contributed by atoms with Gasteiger partial charge in [-0.1, -0.05) is 24.3 Å². The molecule has 1 amide bonds. The van der Waals surface area contributed by atoms with Crippen molar-refractivity contribution in [2.75, 3.05) is 18.0 Å². The lowest BCUT2D eigenvalue weighted by Gasteiger charge is -2.39. The molecule has 3 N–H and O–H groups in total. The number of benzene rings is 3. The summed E-state index contributed by atoms with van der Waals surface area (Å²) in [5, 5.41) is 12.0. The molecule has 8 nitrogen and oxygen atoms in total. The number of nitrogens with zero attached hydrogens (tertiary/aromatic N) is 2. The van der Waals surface area contributed by atoms with Gasteiger partial charge >= 0.3 is 5.63 Å². The summed E-state index contributed by atoms with van der Waals surface area (Å²) in [6, 6.07) is 16.4. The number of phenolic OH excluding ortho intramolecular Hbond substituents is 1. The number of rotatable bonds is 4. The number of anilines is 1. The molecule has 0 radical (unpaired) electrons. The highest BCUT2D eigenvalue weighted by Gasteiger charge is 2.52. The van der Waals surface area contributed by atoms with E-state index in [1.807, 2.05) is 30.3 Å². The molecule has 0 bridgehead atoms. The van der Waals surface area contributed by atoms with Crippen LogP contribution < -0.4 is 21.1 Å². The second kappa shape index (κ2) is 9.25. The molecule has 6 rings (SSSR count). The van der Waals surface area contributed by atoms with E-state index in [0.717, 1.165) is 18.8 Å². The molecule has 0 saturated heterocycles. The first-order valence-electron chi connectivity index (χ1n) is 12.3. The fourth-order valence-electron chi connectivity index (χ4n) is 5.44. The molecule has 2 aliphatic heterocycles. The van der Waals surface area contributed by atoms with Crippen LogP contribution >= 0.6 is 31.9 Å². The number of hydrogen-bond acceptors (Lipinski definition) is 7. The van der Waals surface area contributed by atoms with Crippen molar-refractivity contribution < 1.29 is 19.1 Å². The van der Waals surface area contributed by atoms with Crippen LogP contribution in [0, 0.1) is 0 Å². The summed E-state index contributed by atoms with van der Waals surface area (Å²) in [4.78, 5) is 28.9. The number of carbonyl (C=O) groups is 1. The van der Waals surface area contributed by atoms with Gasteiger partial charge in [-0.05, 0) is 76.0 Å². The zero-order chi connectivity index (χ0) is 27.6. The van der Waals surface area contributed by atoms with Gasteiger partial charge in [0.25, 0.3) is 5.91 Å². The molecule has 1 atom stereocenters. The first-order valence-corrected chi connectivity index (χ1v) is 13.9. The lowest BCUT2D eigenvalue weighted by molar-refractivity contribution is 0.0678. The van der Waals surface area contributed by atoms with E-state index in [-0.39, 0.29) is 33.0 Å². The van der Waals surface area contributed by atoms with Gasteiger partial charge in [-0.2, -0.15) is 0 Å². The Balaban J connectivity index is 1.64. The minimum Gasteiger partial charge on any atom is -0.505 e. The second-order valence-electron chi connectivity index (χ2n) is 9.34. The number of fused-ring (bicyclic) bond motifs is 5. The summed E-state index contributed by atoms with van der Waals surface area (Å²) in [6.07, 6.45) is 1.71. The van der Waals surface area contributed by atoms with Crippen molar-refractivity contribution >= 4 is 60.2 Å². The Hall–Kier alpha value is -3.60. The minimum atomic E-state index is -1.21. The van der Waals surface area contributed by atoms with E-state index in [2.05, 4.69) is 50.6 Å². The summed E-state index contributed by atoms with van der Waals surface area (Å²) in [5.74, 6) is 6.82. The third-order valence-corrected chi connectivity index (χ3v) is 8.73.